The zero-order valence-corrected chi connectivity index (χ0v) is 7.60. The molecule has 0 unspecified atom stereocenters. The Morgan fingerprint density at radius 3 is 2.20 bits per heavy atom. The Hall–Kier alpha value is -0.417. The van der Waals surface area contributed by atoms with Crippen molar-refractivity contribution in [2.45, 2.75) is 6.42 Å². The maximum atomic E-state index is 3.36. The van der Waals surface area contributed by atoms with Crippen LogP contribution in [0.1, 0.15) is 10.7 Å². The van der Waals surface area contributed by atoms with Crippen LogP contribution in [0.4, 0.5) is 0 Å². The molecule has 1 aliphatic carbocycles. The number of hydrogen-bond donors (Lipinski definition) is 0. The summed E-state index contributed by atoms with van der Waals surface area (Å²) in [5, 5.41) is 0. The normalized spacial score (nSPS) is 13.0. The van der Waals surface area contributed by atoms with Gasteiger partial charge in [0.05, 0.1) is 0 Å². The minimum atomic E-state index is 0. The second kappa shape index (κ2) is 6.70. The van der Waals surface area contributed by atoms with Gasteiger partial charge in [-0.3, -0.25) is 0 Å². The quantitative estimate of drug-likeness (QED) is 0.473. The third kappa shape index (κ3) is 5.72. The Morgan fingerprint density at radius 1 is 1.50 bits per heavy atom. The van der Waals surface area contributed by atoms with E-state index in [-0.39, 0.29) is 4.28 Å². The van der Waals surface area contributed by atoms with Crippen molar-refractivity contribution in [3.05, 3.63) is 47.7 Å². The van der Waals surface area contributed by atoms with Crippen LogP contribution in [0.15, 0.2) is 47.7 Å². The van der Waals surface area contributed by atoms with Gasteiger partial charge in [0, 0.05) is 0 Å². The van der Waals surface area contributed by atoms with E-state index < -0.39 is 0 Å². The molecule has 0 spiro atoms. The monoisotopic (exact) mass is 224 g/mol. The molecule has 0 heterocycles. The molecule has 0 saturated carbocycles. The van der Waals surface area contributed by atoms with Crippen LogP contribution >= 0.6 is 0 Å². The zero-order chi connectivity index (χ0) is 7.82. The van der Waals surface area contributed by atoms with Crippen LogP contribution in [0.3, 0.4) is 0 Å². The molecule has 0 radical (unpaired) electrons. The van der Waals surface area contributed by atoms with E-state index in [1.807, 2.05) is 0 Å². The molecule has 0 aliphatic heterocycles. The molecule has 1 rings (SSSR count). The van der Waals surface area contributed by atoms with E-state index in [9.17, 15) is 0 Å². The Morgan fingerprint density at radius 2 is 2.10 bits per heavy atom. The fraction of sp³-hybridized carbons (Fsp3) is 0.111. The van der Waals surface area contributed by atoms with Crippen molar-refractivity contribution in [2.24, 2.45) is 0 Å². The van der Waals surface area contributed by atoms with Crippen molar-refractivity contribution in [3.8, 4) is 0 Å². The van der Waals surface area contributed by atoms with Crippen LogP contribution in [0.2, 0.25) is 0 Å². The first-order valence-electron chi connectivity index (χ1n) is 3.04. The van der Waals surface area contributed by atoms with Crippen molar-refractivity contribution >= 4 is 0 Å². The third-order valence-corrected chi connectivity index (χ3v) is 1.53. The Labute approximate surface area is 77.2 Å². The van der Waals surface area contributed by atoms with E-state index in [0.29, 0.717) is 0 Å². The van der Waals surface area contributed by atoms with E-state index in [1.165, 1.54) is 4.17 Å². The van der Waals surface area contributed by atoms with Gasteiger partial charge in [-0.2, -0.15) is 0 Å². The summed E-state index contributed by atoms with van der Waals surface area (Å²) in [6.45, 7) is 6.72. The van der Waals surface area contributed by atoms with Crippen LogP contribution in [-0.4, -0.2) is 0 Å². The molecule has 10 heavy (non-hydrogen) atoms. The molecule has 1 aliphatic rings. The average Bonchev–Trinajstić information content (AvgIpc) is 2.40. The van der Waals surface area contributed by atoms with Gasteiger partial charge in [-0.15, -0.1) is 0 Å². The molecular formula is C9H14Ru. The molecule has 0 fully saturated rings. The second-order valence-corrected chi connectivity index (χ2v) is 2.82. The summed E-state index contributed by atoms with van der Waals surface area (Å²) in [7, 11) is 0. The minimum absolute atomic E-state index is 0. The predicted molar refractivity (Wildman–Crippen MR) is 45.6 cm³/mol. The maximum absolute atomic E-state index is 3.36. The Balaban J connectivity index is -0.0000000536. The van der Waals surface area contributed by atoms with E-state index in [1.54, 1.807) is 12.2 Å². The number of hydrogen-bond acceptors (Lipinski definition) is 0. The third-order valence-electron chi connectivity index (χ3n) is 0.884. The van der Waals surface area contributed by atoms with E-state index in [2.05, 4.69) is 49.7 Å². The van der Waals surface area contributed by atoms with Gasteiger partial charge in [-0.05, 0) is 0 Å². The molecule has 0 aromatic heterocycles. The molecule has 0 nitrogen and oxygen atoms in total. The summed E-state index contributed by atoms with van der Waals surface area (Å²) in [4.78, 5) is 0. The predicted octanol–water partition coefficient (Wildman–Crippen LogP) is 3.07. The van der Waals surface area contributed by atoms with Gasteiger partial charge in [0.25, 0.3) is 0 Å². The Bertz CT molecular complexity index is 168. The van der Waals surface area contributed by atoms with Crippen LogP contribution in [-0.2, 0) is 18.3 Å². The summed E-state index contributed by atoms with van der Waals surface area (Å²) in [5.41, 5.74) is 0. The van der Waals surface area contributed by atoms with Gasteiger partial charge in [0.2, 0.25) is 0 Å². The molecule has 0 aromatic rings. The van der Waals surface area contributed by atoms with Crippen LogP contribution in [0, 0.1) is 0 Å². The van der Waals surface area contributed by atoms with Gasteiger partial charge in [-0.1, -0.05) is 25.3 Å². The molecule has 0 atom stereocenters. The van der Waals surface area contributed by atoms with Gasteiger partial charge in [0.1, 0.15) is 0 Å². The first-order chi connectivity index (χ1) is 4.81. The van der Waals surface area contributed by atoms with Crippen molar-refractivity contribution in [1.29, 1.82) is 0 Å². The summed E-state index contributed by atoms with van der Waals surface area (Å²) < 4.78 is 1.40. The molecular weight excluding hydrogens is 209 g/mol. The summed E-state index contributed by atoms with van der Waals surface area (Å²) in [5.74, 6) is 0. The van der Waals surface area contributed by atoms with E-state index >= 15 is 0 Å². The van der Waals surface area contributed by atoms with Crippen molar-refractivity contribution < 1.29 is 22.6 Å². The van der Waals surface area contributed by atoms with Gasteiger partial charge >= 0.3 is 47.1 Å². The topological polar surface area (TPSA) is 0 Å². The molecule has 0 saturated heterocycles. The molecule has 0 amide bonds. The summed E-state index contributed by atoms with van der Waals surface area (Å²) in [6, 6.07) is 0. The molecule has 0 aromatic carbocycles. The SMILES string of the molecule is C=CC=C.[H-].[H-].[H-].[Ru+3][C]1=CC=CC1. The average molecular weight is 223 g/mol. The molecule has 0 bridgehead atoms. The van der Waals surface area contributed by atoms with Crippen molar-refractivity contribution in [1.82, 2.24) is 0 Å². The fourth-order valence-corrected chi connectivity index (χ4v) is 0.788. The number of allylic oxidation sites excluding steroid dienone is 6. The fourth-order valence-electron chi connectivity index (χ4n) is 0.416. The van der Waals surface area contributed by atoms with Gasteiger partial charge in [0.15, 0.2) is 0 Å². The molecule has 0 N–H and O–H groups in total. The van der Waals surface area contributed by atoms with Crippen molar-refractivity contribution in [2.75, 3.05) is 0 Å². The van der Waals surface area contributed by atoms with Gasteiger partial charge in [-0.25, -0.2) is 0 Å². The standard InChI is InChI=1S/C5H5.C4H6.Ru.3H/c1-2-4-5-3-1;1-3-4-2;;;;/h1-3H,4H2;3-4H,1-2H2;;;;/q;;+3;3*-1. The molecule has 1 heteroatoms. The summed E-state index contributed by atoms with van der Waals surface area (Å²) in [6.07, 6.45) is 10.7. The second-order valence-electron chi connectivity index (χ2n) is 1.70. The Kier molecular flexibility index (Phi) is 6.42. The van der Waals surface area contributed by atoms with Crippen molar-refractivity contribution in [3.63, 3.8) is 0 Å². The van der Waals surface area contributed by atoms with Crippen LogP contribution < -0.4 is 0 Å². The zero-order valence-electron chi connectivity index (χ0n) is 8.86. The first-order valence-corrected chi connectivity index (χ1v) is 3.91. The molecule has 58 valence electrons. The van der Waals surface area contributed by atoms with E-state index in [0.717, 1.165) is 6.42 Å². The van der Waals surface area contributed by atoms with Crippen LogP contribution in [0.25, 0.3) is 0 Å². The number of rotatable bonds is 1. The first kappa shape index (κ1) is 9.58. The van der Waals surface area contributed by atoms with E-state index in [4.69, 9.17) is 0 Å². The van der Waals surface area contributed by atoms with Gasteiger partial charge < -0.3 is 4.28 Å². The van der Waals surface area contributed by atoms with Crippen LogP contribution in [0.5, 0.6) is 0 Å². The summed E-state index contributed by atoms with van der Waals surface area (Å²) >= 11 is 2.59.